The highest BCUT2D eigenvalue weighted by molar-refractivity contribution is 9.10. The number of benzene rings is 2. The molecule has 6 heteroatoms. The molecule has 0 bridgehead atoms. The lowest BCUT2D eigenvalue weighted by Crippen LogP contribution is -2.16. The molecule has 0 aliphatic carbocycles. The summed E-state index contributed by atoms with van der Waals surface area (Å²) in [6, 6.07) is 12.6. The van der Waals surface area contributed by atoms with E-state index in [1.807, 2.05) is 22.8 Å². The summed E-state index contributed by atoms with van der Waals surface area (Å²) in [6.07, 6.45) is 5.45. The third kappa shape index (κ3) is 3.40. The maximum absolute atomic E-state index is 12.4. The Labute approximate surface area is 150 Å². The molecule has 0 radical (unpaired) electrons. The molecule has 0 spiro atoms. The van der Waals surface area contributed by atoms with Crippen molar-refractivity contribution < 1.29 is 4.79 Å². The number of hydrogen-bond donors (Lipinski definition) is 0. The fourth-order valence-corrected chi connectivity index (χ4v) is 3.92. The number of amides is 1. The zero-order valence-electron chi connectivity index (χ0n) is 11.8. The fraction of sp³-hybridized carbons (Fsp3) is 0.0588. The molecule has 0 saturated carbocycles. The molecule has 0 saturated heterocycles. The van der Waals surface area contributed by atoms with Gasteiger partial charge in [0.1, 0.15) is 0 Å². The van der Waals surface area contributed by atoms with Crippen molar-refractivity contribution >= 4 is 55.0 Å². The normalized spacial score (nSPS) is 11.6. The van der Waals surface area contributed by atoms with Crippen molar-refractivity contribution in [1.29, 1.82) is 0 Å². The van der Waals surface area contributed by atoms with E-state index in [2.05, 4.69) is 26.8 Å². The van der Waals surface area contributed by atoms with E-state index in [4.69, 9.17) is 18.0 Å². The Morgan fingerprint density at radius 1 is 1.35 bits per heavy atom. The van der Waals surface area contributed by atoms with E-state index in [1.54, 1.807) is 24.3 Å². The predicted octanol–water partition coefficient (Wildman–Crippen LogP) is 4.49. The van der Waals surface area contributed by atoms with Crippen molar-refractivity contribution in [3.8, 4) is 12.3 Å². The standard InChI is InChI=1S/C17H10BrClN2OS/c1-2-8-21-14-7-6-12(18)10-15(14)23-17(21)20-16(22)11-4-3-5-13(19)9-11/h1,3-7,9-10H,8H2. The van der Waals surface area contributed by atoms with Gasteiger partial charge in [0.05, 0.1) is 16.8 Å². The Kier molecular flexibility index (Phi) is 4.67. The van der Waals surface area contributed by atoms with E-state index in [0.29, 0.717) is 21.9 Å². The summed E-state index contributed by atoms with van der Waals surface area (Å²) in [4.78, 5) is 17.2. The van der Waals surface area contributed by atoms with Crippen LogP contribution in [0.5, 0.6) is 0 Å². The molecule has 0 fully saturated rings. The predicted molar refractivity (Wildman–Crippen MR) is 97.7 cm³/mol. The van der Waals surface area contributed by atoms with Crippen molar-refractivity contribution in [3.63, 3.8) is 0 Å². The van der Waals surface area contributed by atoms with Crippen molar-refractivity contribution in [3.05, 3.63) is 62.3 Å². The lowest BCUT2D eigenvalue weighted by molar-refractivity contribution is 0.0998. The van der Waals surface area contributed by atoms with Crippen LogP contribution in [0.1, 0.15) is 10.4 Å². The van der Waals surface area contributed by atoms with Gasteiger partial charge >= 0.3 is 0 Å². The van der Waals surface area contributed by atoms with Gasteiger partial charge in [-0.25, -0.2) is 0 Å². The highest BCUT2D eigenvalue weighted by Crippen LogP contribution is 2.22. The van der Waals surface area contributed by atoms with Crippen LogP contribution in [-0.2, 0) is 6.54 Å². The first kappa shape index (κ1) is 16.0. The van der Waals surface area contributed by atoms with Gasteiger partial charge < -0.3 is 4.57 Å². The third-order valence-corrected chi connectivity index (χ3v) is 4.93. The minimum atomic E-state index is -0.344. The van der Waals surface area contributed by atoms with Crippen LogP contribution in [0.25, 0.3) is 10.2 Å². The lowest BCUT2D eigenvalue weighted by atomic mass is 10.2. The lowest BCUT2D eigenvalue weighted by Gasteiger charge is -2.00. The quantitative estimate of drug-likeness (QED) is 0.578. The fourth-order valence-electron chi connectivity index (χ4n) is 2.15. The number of nitrogens with zero attached hydrogens (tertiary/aromatic N) is 2. The van der Waals surface area contributed by atoms with Crippen LogP contribution in [0, 0.1) is 12.3 Å². The Morgan fingerprint density at radius 3 is 2.91 bits per heavy atom. The molecule has 1 heterocycles. The molecule has 0 aliphatic rings. The maximum atomic E-state index is 12.4. The summed E-state index contributed by atoms with van der Waals surface area (Å²) in [5, 5.41) is 0.503. The largest absolute Gasteiger partial charge is 0.305 e. The summed E-state index contributed by atoms with van der Waals surface area (Å²) in [6.45, 7) is 0.350. The number of rotatable bonds is 2. The summed E-state index contributed by atoms with van der Waals surface area (Å²) in [7, 11) is 0. The van der Waals surface area contributed by atoms with Crippen molar-refractivity contribution in [2.24, 2.45) is 4.99 Å². The first-order chi connectivity index (χ1) is 11.1. The van der Waals surface area contributed by atoms with Crippen LogP contribution in [0.15, 0.2) is 51.9 Å². The zero-order valence-corrected chi connectivity index (χ0v) is 15.0. The Bertz CT molecular complexity index is 1010. The van der Waals surface area contributed by atoms with Gasteiger partial charge in [0.15, 0.2) is 4.80 Å². The van der Waals surface area contributed by atoms with Gasteiger partial charge in [0.2, 0.25) is 0 Å². The molecule has 1 amide bonds. The van der Waals surface area contributed by atoms with E-state index in [0.717, 1.165) is 14.7 Å². The third-order valence-electron chi connectivity index (χ3n) is 3.16. The summed E-state index contributed by atoms with van der Waals surface area (Å²) >= 11 is 10.8. The maximum Gasteiger partial charge on any atom is 0.279 e. The number of fused-ring (bicyclic) bond motifs is 1. The highest BCUT2D eigenvalue weighted by Gasteiger charge is 2.09. The average molecular weight is 406 g/mol. The molecule has 0 unspecified atom stereocenters. The molecule has 114 valence electrons. The van der Waals surface area contributed by atoms with Crippen molar-refractivity contribution in [2.75, 3.05) is 0 Å². The molecule has 23 heavy (non-hydrogen) atoms. The van der Waals surface area contributed by atoms with Crippen LogP contribution in [-0.4, -0.2) is 10.5 Å². The van der Waals surface area contributed by atoms with Gasteiger partial charge in [-0.05, 0) is 36.4 Å². The van der Waals surface area contributed by atoms with E-state index in [1.165, 1.54) is 11.3 Å². The van der Waals surface area contributed by atoms with Gasteiger partial charge in [-0.3, -0.25) is 4.79 Å². The number of terminal acetylenes is 1. The van der Waals surface area contributed by atoms with E-state index < -0.39 is 0 Å². The number of carbonyl (C=O) groups is 1. The highest BCUT2D eigenvalue weighted by atomic mass is 79.9. The molecule has 3 aromatic rings. The SMILES string of the molecule is C#CCn1c(=NC(=O)c2cccc(Cl)c2)sc2cc(Br)ccc21. The van der Waals surface area contributed by atoms with Gasteiger partial charge in [-0.15, -0.1) is 6.42 Å². The zero-order chi connectivity index (χ0) is 16.4. The van der Waals surface area contributed by atoms with E-state index in [-0.39, 0.29) is 5.91 Å². The molecular formula is C17H10BrClN2OS. The van der Waals surface area contributed by atoms with Gasteiger partial charge in [0.25, 0.3) is 5.91 Å². The minimum absolute atomic E-state index is 0.344. The van der Waals surface area contributed by atoms with Crippen LogP contribution in [0.4, 0.5) is 0 Å². The summed E-state index contributed by atoms with van der Waals surface area (Å²) in [5.41, 5.74) is 1.40. The smallest absolute Gasteiger partial charge is 0.279 e. The molecule has 3 rings (SSSR count). The number of halogens is 2. The number of thiazole rings is 1. The molecule has 1 aromatic heterocycles. The second-order valence-corrected chi connectivity index (χ2v) is 7.08. The number of carbonyl (C=O) groups excluding carboxylic acids is 1. The molecule has 0 aliphatic heterocycles. The van der Waals surface area contributed by atoms with E-state index >= 15 is 0 Å². The van der Waals surface area contributed by atoms with E-state index in [9.17, 15) is 4.79 Å². The van der Waals surface area contributed by atoms with Crippen molar-refractivity contribution in [2.45, 2.75) is 6.54 Å². The Morgan fingerprint density at radius 2 is 2.17 bits per heavy atom. The second-order valence-electron chi connectivity index (χ2n) is 4.71. The van der Waals surface area contributed by atoms with Crippen LogP contribution in [0.2, 0.25) is 5.02 Å². The Balaban J connectivity index is 2.16. The molecular weight excluding hydrogens is 396 g/mol. The molecule has 0 N–H and O–H groups in total. The molecule has 0 atom stereocenters. The molecule has 2 aromatic carbocycles. The average Bonchev–Trinajstić information content (AvgIpc) is 2.84. The van der Waals surface area contributed by atoms with Crippen LogP contribution >= 0.6 is 38.9 Å². The summed E-state index contributed by atoms with van der Waals surface area (Å²) < 4.78 is 3.83. The first-order valence-electron chi connectivity index (χ1n) is 6.65. The topological polar surface area (TPSA) is 34.4 Å². The monoisotopic (exact) mass is 404 g/mol. The number of hydrogen-bond acceptors (Lipinski definition) is 2. The summed E-state index contributed by atoms with van der Waals surface area (Å²) in [5.74, 6) is 2.26. The van der Waals surface area contributed by atoms with Crippen molar-refractivity contribution in [1.82, 2.24) is 4.57 Å². The second kappa shape index (κ2) is 6.71. The van der Waals surface area contributed by atoms with Gasteiger partial charge in [-0.2, -0.15) is 4.99 Å². The first-order valence-corrected chi connectivity index (χ1v) is 8.64. The minimum Gasteiger partial charge on any atom is -0.305 e. The van der Waals surface area contributed by atoms with Crippen LogP contribution < -0.4 is 4.80 Å². The Hall–Kier alpha value is -1.87. The molecule has 3 nitrogen and oxygen atoms in total. The van der Waals surface area contributed by atoms with Gasteiger partial charge in [-0.1, -0.05) is 50.9 Å². The van der Waals surface area contributed by atoms with Gasteiger partial charge in [0, 0.05) is 15.1 Å². The van der Waals surface area contributed by atoms with Crippen LogP contribution in [0.3, 0.4) is 0 Å². The number of aromatic nitrogens is 1.